The Morgan fingerprint density at radius 1 is 1.31 bits per heavy atom. The second-order valence-electron chi connectivity index (χ2n) is 3.92. The number of rotatable bonds is 2. The summed E-state index contributed by atoms with van der Waals surface area (Å²) in [5, 5.41) is 0. The largest absolute Gasteiger partial charge is 0.339 e. The normalized spacial score (nSPS) is 15.9. The number of likely N-dealkylation sites (tertiary alicyclic amines) is 1. The molecule has 16 heavy (non-hydrogen) atoms. The molecule has 1 aliphatic heterocycles. The Balaban J connectivity index is 2.00. The summed E-state index contributed by atoms with van der Waals surface area (Å²) in [6, 6.07) is 7.91. The fraction of sp³-hybridized carbons (Fsp3) is 0.308. The zero-order chi connectivity index (χ0) is 11.4. The Kier molecular flexibility index (Phi) is 3.78. The molecule has 1 fully saturated rings. The summed E-state index contributed by atoms with van der Waals surface area (Å²) in [7, 11) is 0. The van der Waals surface area contributed by atoms with E-state index in [1.54, 1.807) is 6.08 Å². The van der Waals surface area contributed by atoms with Gasteiger partial charge in [0.15, 0.2) is 0 Å². The molecule has 1 aliphatic rings. The second-order valence-corrected chi connectivity index (χ2v) is 4.84. The summed E-state index contributed by atoms with van der Waals surface area (Å²) in [5.41, 5.74) is 1.04. The number of carbonyl (C=O) groups is 1. The monoisotopic (exact) mass is 279 g/mol. The number of amides is 1. The van der Waals surface area contributed by atoms with Crippen molar-refractivity contribution in [3.05, 3.63) is 40.4 Å². The minimum absolute atomic E-state index is 0.123. The molecule has 1 amide bonds. The Labute approximate surface area is 104 Å². The smallest absolute Gasteiger partial charge is 0.246 e. The molecule has 1 heterocycles. The van der Waals surface area contributed by atoms with E-state index < -0.39 is 0 Å². The quantitative estimate of drug-likeness (QED) is 0.762. The lowest BCUT2D eigenvalue weighted by Crippen LogP contribution is -2.25. The second kappa shape index (κ2) is 5.30. The van der Waals surface area contributed by atoms with Crippen LogP contribution in [0.4, 0.5) is 0 Å². The van der Waals surface area contributed by atoms with Crippen LogP contribution in [0.25, 0.3) is 6.08 Å². The zero-order valence-corrected chi connectivity index (χ0v) is 10.6. The molecule has 0 N–H and O–H groups in total. The van der Waals surface area contributed by atoms with E-state index >= 15 is 0 Å². The van der Waals surface area contributed by atoms with Gasteiger partial charge < -0.3 is 4.90 Å². The van der Waals surface area contributed by atoms with Gasteiger partial charge in [-0.15, -0.1) is 0 Å². The number of hydrogen-bond acceptors (Lipinski definition) is 1. The molecule has 3 heteroatoms. The average molecular weight is 280 g/mol. The van der Waals surface area contributed by atoms with Gasteiger partial charge in [0.2, 0.25) is 5.91 Å². The van der Waals surface area contributed by atoms with Gasteiger partial charge >= 0.3 is 0 Å². The van der Waals surface area contributed by atoms with Crippen molar-refractivity contribution in [2.45, 2.75) is 12.8 Å². The molecule has 1 aromatic rings. The van der Waals surface area contributed by atoms with Gasteiger partial charge in [0.1, 0.15) is 0 Å². The summed E-state index contributed by atoms with van der Waals surface area (Å²) in [5.74, 6) is 0.123. The van der Waals surface area contributed by atoms with Crippen LogP contribution in [0.1, 0.15) is 18.4 Å². The summed E-state index contributed by atoms with van der Waals surface area (Å²) in [6.07, 6.45) is 5.80. The molecular weight excluding hydrogens is 266 g/mol. The summed E-state index contributed by atoms with van der Waals surface area (Å²) < 4.78 is 1.03. The third-order valence-electron chi connectivity index (χ3n) is 2.68. The van der Waals surface area contributed by atoms with E-state index in [-0.39, 0.29) is 5.91 Å². The maximum atomic E-state index is 11.7. The van der Waals surface area contributed by atoms with Crippen LogP contribution in [0.2, 0.25) is 0 Å². The highest BCUT2D eigenvalue weighted by atomic mass is 79.9. The van der Waals surface area contributed by atoms with E-state index in [2.05, 4.69) is 15.9 Å². The molecule has 0 bridgehead atoms. The maximum absolute atomic E-state index is 11.7. The first kappa shape index (κ1) is 11.4. The fourth-order valence-corrected chi connectivity index (χ4v) is 2.24. The first-order valence-electron chi connectivity index (χ1n) is 5.48. The Bertz CT molecular complexity index is 408. The number of halogens is 1. The minimum Gasteiger partial charge on any atom is -0.339 e. The van der Waals surface area contributed by atoms with Crippen LogP contribution >= 0.6 is 15.9 Å². The topological polar surface area (TPSA) is 20.3 Å². The number of nitrogens with zero attached hydrogens (tertiary/aromatic N) is 1. The van der Waals surface area contributed by atoms with Crippen molar-refractivity contribution in [2.75, 3.05) is 13.1 Å². The van der Waals surface area contributed by atoms with Crippen molar-refractivity contribution >= 4 is 27.9 Å². The molecule has 0 aromatic heterocycles. The number of benzene rings is 1. The van der Waals surface area contributed by atoms with Crippen LogP contribution in [0, 0.1) is 0 Å². The van der Waals surface area contributed by atoms with Gasteiger partial charge in [0.05, 0.1) is 0 Å². The van der Waals surface area contributed by atoms with Crippen LogP contribution in [0.5, 0.6) is 0 Å². The Hall–Kier alpha value is -1.09. The van der Waals surface area contributed by atoms with Crippen molar-refractivity contribution in [2.24, 2.45) is 0 Å². The van der Waals surface area contributed by atoms with E-state index in [1.165, 1.54) is 0 Å². The van der Waals surface area contributed by atoms with Crippen LogP contribution in [-0.4, -0.2) is 23.9 Å². The summed E-state index contributed by atoms with van der Waals surface area (Å²) >= 11 is 3.41. The van der Waals surface area contributed by atoms with Crippen molar-refractivity contribution in [3.63, 3.8) is 0 Å². The van der Waals surface area contributed by atoms with Crippen molar-refractivity contribution in [1.82, 2.24) is 4.90 Å². The molecular formula is C13H14BrNO. The standard InChI is InChI=1S/C13H14BrNO/c14-12-5-3-4-11(10-12)6-7-13(16)15-8-1-2-9-15/h3-7,10H,1-2,8-9H2/b7-6-. The minimum atomic E-state index is 0.123. The molecule has 0 saturated carbocycles. The lowest BCUT2D eigenvalue weighted by molar-refractivity contribution is -0.124. The van der Waals surface area contributed by atoms with Crippen molar-refractivity contribution in [3.8, 4) is 0 Å². The van der Waals surface area contributed by atoms with Gasteiger partial charge in [-0.1, -0.05) is 28.1 Å². The van der Waals surface area contributed by atoms with E-state index in [1.807, 2.05) is 35.2 Å². The predicted octanol–water partition coefficient (Wildman–Crippen LogP) is 3.08. The van der Waals surface area contributed by atoms with E-state index in [4.69, 9.17) is 0 Å². The van der Waals surface area contributed by atoms with Gasteiger partial charge in [-0.3, -0.25) is 4.79 Å². The van der Waals surface area contributed by atoms with E-state index in [9.17, 15) is 4.79 Å². The molecule has 2 nitrogen and oxygen atoms in total. The highest BCUT2D eigenvalue weighted by Gasteiger charge is 2.14. The van der Waals surface area contributed by atoms with Gasteiger partial charge in [-0.25, -0.2) is 0 Å². The third-order valence-corrected chi connectivity index (χ3v) is 3.18. The first-order chi connectivity index (χ1) is 7.75. The van der Waals surface area contributed by atoms with Gasteiger partial charge in [0.25, 0.3) is 0 Å². The number of hydrogen-bond donors (Lipinski definition) is 0. The van der Waals surface area contributed by atoms with E-state index in [0.29, 0.717) is 0 Å². The molecule has 1 saturated heterocycles. The SMILES string of the molecule is O=C(/C=C\c1cccc(Br)c1)N1CCCC1. The maximum Gasteiger partial charge on any atom is 0.246 e. The molecule has 0 aliphatic carbocycles. The van der Waals surface area contributed by atoms with Crippen LogP contribution < -0.4 is 0 Å². The molecule has 0 atom stereocenters. The lowest BCUT2D eigenvalue weighted by Gasteiger charge is -2.11. The Morgan fingerprint density at radius 3 is 2.75 bits per heavy atom. The Morgan fingerprint density at radius 2 is 2.06 bits per heavy atom. The van der Waals surface area contributed by atoms with Crippen LogP contribution in [0.3, 0.4) is 0 Å². The first-order valence-corrected chi connectivity index (χ1v) is 6.27. The lowest BCUT2D eigenvalue weighted by atomic mass is 10.2. The molecule has 2 rings (SSSR count). The molecule has 0 radical (unpaired) electrons. The van der Waals surface area contributed by atoms with Crippen LogP contribution in [-0.2, 0) is 4.79 Å². The molecule has 1 aromatic carbocycles. The van der Waals surface area contributed by atoms with Crippen LogP contribution in [0.15, 0.2) is 34.8 Å². The summed E-state index contributed by atoms with van der Waals surface area (Å²) in [6.45, 7) is 1.81. The highest BCUT2D eigenvalue weighted by Crippen LogP contribution is 2.13. The number of carbonyl (C=O) groups excluding carboxylic acids is 1. The predicted molar refractivity (Wildman–Crippen MR) is 69.0 cm³/mol. The fourth-order valence-electron chi connectivity index (χ4n) is 1.82. The van der Waals surface area contributed by atoms with Gasteiger partial charge in [0, 0.05) is 23.6 Å². The van der Waals surface area contributed by atoms with Gasteiger partial charge in [-0.05, 0) is 36.6 Å². The third kappa shape index (κ3) is 2.95. The van der Waals surface area contributed by atoms with Gasteiger partial charge in [-0.2, -0.15) is 0 Å². The average Bonchev–Trinajstić information content (AvgIpc) is 2.79. The summed E-state index contributed by atoms with van der Waals surface area (Å²) in [4.78, 5) is 13.6. The molecule has 0 spiro atoms. The zero-order valence-electron chi connectivity index (χ0n) is 9.03. The van der Waals surface area contributed by atoms with Crippen molar-refractivity contribution in [1.29, 1.82) is 0 Å². The van der Waals surface area contributed by atoms with E-state index in [0.717, 1.165) is 36.0 Å². The molecule has 0 unspecified atom stereocenters. The highest BCUT2D eigenvalue weighted by molar-refractivity contribution is 9.10. The van der Waals surface area contributed by atoms with Crippen molar-refractivity contribution < 1.29 is 4.79 Å². The molecule has 84 valence electrons.